The second kappa shape index (κ2) is 19.5. The fourth-order valence-corrected chi connectivity index (χ4v) is 11.5. The summed E-state index contributed by atoms with van der Waals surface area (Å²) in [6.07, 6.45) is 9.31. The summed E-state index contributed by atoms with van der Waals surface area (Å²) in [6, 6.07) is 21.8. The third-order valence-electron chi connectivity index (χ3n) is 14.5. The zero-order valence-electron chi connectivity index (χ0n) is 38.9. The molecule has 8 rings (SSSR count). The van der Waals surface area contributed by atoms with E-state index in [1.165, 1.54) is 17.7 Å². The van der Waals surface area contributed by atoms with Crippen molar-refractivity contribution in [1.82, 2.24) is 19.5 Å². The highest BCUT2D eigenvalue weighted by molar-refractivity contribution is 7.90. The van der Waals surface area contributed by atoms with Crippen LogP contribution in [0.3, 0.4) is 0 Å². The van der Waals surface area contributed by atoms with Crippen LogP contribution in [0.5, 0.6) is 11.5 Å². The lowest BCUT2D eigenvalue weighted by molar-refractivity contribution is -0.384. The number of piperidine rings is 1. The number of rotatable bonds is 15. The Bertz CT molecular complexity index is 2470. The van der Waals surface area contributed by atoms with E-state index in [9.17, 15) is 28.4 Å². The Morgan fingerprint density at radius 3 is 2.36 bits per heavy atom. The van der Waals surface area contributed by atoms with Gasteiger partial charge >= 0.3 is 0 Å². The lowest BCUT2D eigenvalue weighted by Crippen LogP contribution is -2.59. The van der Waals surface area contributed by atoms with Crippen LogP contribution in [0.25, 0.3) is 0 Å². The lowest BCUT2D eigenvalue weighted by atomic mass is 9.59. The summed E-state index contributed by atoms with van der Waals surface area (Å²) in [4.78, 5) is 36.4. The molecule has 15 nitrogen and oxygen atoms in total. The Kier molecular flexibility index (Phi) is 14.0. The average Bonchev–Trinajstić information content (AvgIpc) is 3.28. The number of hydrogen-bond acceptors (Lipinski definition) is 13. The molecule has 0 radical (unpaired) electrons. The fourth-order valence-electron chi connectivity index (χ4n) is 10.6. The van der Waals surface area contributed by atoms with Crippen molar-refractivity contribution < 1.29 is 32.7 Å². The highest BCUT2D eigenvalue weighted by atomic mass is 32.2. The molecule has 2 aliphatic heterocycles. The zero-order valence-corrected chi connectivity index (χ0v) is 39.7. The molecule has 3 aromatic carbocycles. The molecule has 1 atom stereocenters. The Morgan fingerprint density at radius 1 is 0.970 bits per heavy atom. The van der Waals surface area contributed by atoms with Crippen molar-refractivity contribution in [1.29, 1.82) is 0 Å². The van der Waals surface area contributed by atoms with E-state index in [1.54, 1.807) is 19.2 Å². The summed E-state index contributed by atoms with van der Waals surface area (Å²) in [7, 11) is -2.73. The van der Waals surface area contributed by atoms with Gasteiger partial charge in [0.2, 0.25) is 0 Å². The number of nitrogens with one attached hydrogen (secondary N) is 2. The zero-order chi connectivity index (χ0) is 46.8. The van der Waals surface area contributed by atoms with Gasteiger partial charge in [-0.25, -0.2) is 13.1 Å². The Hall–Kier alpha value is -5.29. The molecule has 66 heavy (non-hydrogen) atoms. The normalized spacial score (nSPS) is 22.7. The van der Waals surface area contributed by atoms with Gasteiger partial charge in [-0.1, -0.05) is 18.2 Å². The summed E-state index contributed by atoms with van der Waals surface area (Å²) >= 11 is 0. The van der Waals surface area contributed by atoms with Gasteiger partial charge in [-0.05, 0) is 144 Å². The molecular weight excluding hydrogens is 859 g/mol. The first-order valence-corrected chi connectivity index (χ1v) is 24.9. The first-order valence-electron chi connectivity index (χ1n) is 23.4. The van der Waals surface area contributed by atoms with E-state index in [-0.39, 0.29) is 39.6 Å². The number of anilines is 2. The van der Waals surface area contributed by atoms with Crippen LogP contribution in [-0.2, 0) is 16.6 Å². The van der Waals surface area contributed by atoms with Crippen LogP contribution in [0.4, 0.5) is 17.1 Å². The smallest absolute Gasteiger partial charge is 0.293 e. The van der Waals surface area contributed by atoms with Crippen LogP contribution in [0.1, 0.15) is 105 Å². The van der Waals surface area contributed by atoms with E-state index in [4.69, 9.17) is 9.47 Å². The van der Waals surface area contributed by atoms with E-state index in [1.807, 2.05) is 32.2 Å². The number of sulfonamides is 1. The van der Waals surface area contributed by atoms with Gasteiger partial charge in [-0.2, -0.15) is 0 Å². The minimum absolute atomic E-state index is 0.0655. The molecule has 2 aliphatic carbocycles. The summed E-state index contributed by atoms with van der Waals surface area (Å²) in [5.41, 5.74) is 3.78. The topological polar surface area (TPSA) is 180 Å². The molecule has 1 spiro atoms. The van der Waals surface area contributed by atoms with E-state index in [0.29, 0.717) is 25.4 Å². The van der Waals surface area contributed by atoms with Gasteiger partial charge in [0.1, 0.15) is 17.2 Å². The lowest BCUT2D eigenvalue weighted by Gasteiger charge is -2.58. The van der Waals surface area contributed by atoms with Crippen LogP contribution in [0.2, 0.25) is 0 Å². The Morgan fingerprint density at radius 2 is 1.68 bits per heavy atom. The standard InChI is InChI=1S/C50H65N7O8S/c1-34(2)65-46-9-7-6-8-42(46)45-33-54(32-37-26-47(64-5)35(3)51-31-37)24-25-56(45)40-28-50(29-40)20-22-55(23-21-50)39-12-10-38(11-13-39)48(58)53-66(62,63)41-14-15-43(44(27-41)57(60)61)52-30-36-16-18-49(4,59)19-17-36/h6-15,26-27,31,34,36,40,45,52,59H,16-25,28-30,32-33H2,1-5H3,(H,53,58)/t36?,45-,49?/m1/s1. The maximum Gasteiger partial charge on any atom is 0.293 e. The predicted molar refractivity (Wildman–Crippen MR) is 255 cm³/mol. The number of carbonyl (C=O) groups is 1. The second-order valence-electron chi connectivity index (χ2n) is 19.6. The highest BCUT2D eigenvalue weighted by Gasteiger charge is 2.50. The molecule has 4 fully saturated rings. The first-order chi connectivity index (χ1) is 31.5. The molecule has 4 aliphatic rings. The van der Waals surface area contributed by atoms with E-state index >= 15 is 0 Å². The van der Waals surface area contributed by atoms with Crippen molar-refractivity contribution in [2.45, 2.75) is 114 Å². The molecular formula is C50H65N7O8S. The number of pyridine rings is 1. The van der Waals surface area contributed by atoms with Gasteiger partial charge in [0, 0.05) is 80.9 Å². The number of hydrogen-bond donors (Lipinski definition) is 3. The van der Waals surface area contributed by atoms with Crippen LogP contribution < -0.4 is 24.4 Å². The number of para-hydroxylation sites is 1. The Balaban J connectivity index is 0.862. The minimum atomic E-state index is -4.42. The molecule has 1 aromatic heterocycles. The number of nitrogens with zero attached hydrogens (tertiary/aromatic N) is 5. The van der Waals surface area contributed by atoms with Crippen molar-refractivity contribution in [3.8, 4) is 11.5 Å². The number of aliphatic hydroxyl groups is 1. The molecule has 2 saturated heterocycles. The van der Waals surface area contributed by atoms with E-state index in [2.05, 4.69) is 73.9 Å². The number of aryl methyl sites for hydroxylation is 1. The van der Waals surface area contributed by atoms with Gasteiger partial charge in [0.05, 0.1) is 40.4 Å². The van der Waals surface area contributed by atoms with Gasteiger partial charge < -0.3 is 24.8 Å². The number of nitro groups is 1. The number of aromatic nitrogens is 1. The molecule has 16 heteroatoms. The molecule has 354 valence electrons. The van der Waals surface area contributed by atoms with Crippen molar-refractivity contribution in [3.05, 3.63) is 111 Å². The van der Waals surface area contributed by atoms with Gasteiger partial charge in [0.15, 0.2) is 0 Å². The van der Waals surface area contributed by atoms with Crippen molar-refractivity contribution in [2.24, 2.45) is 11.3 Å². The first kappa shape index (κ1) is 47.2. The van der Waals surface area contributed by atoms with Crippen LogP contribution >= 0.6 is 0 Å². The van der Waals surface area contributed by atoms with E-state index in [0.717, 1.165) is 112 Å². The van der Waals surface area contributed by atoms with Crippen LogP contribution in [0.15, 0.2) is 83.9 Å². The van der Waals surface area contributed by atoms with E-state index < -0.39 is 32.1 Å². The van der Waals surface area contributed by atoms with Crippen LogP contribution in [0, 0.1) is 28.4 Å². The second-order valence-corrected chi connectivity index (χ2v) is 21.3. The highest BCUT2D eigenvalue weighted by Crippen LogP contribution is 2.53. The molecule has 0 unspecified atom stereocenters. The summed E-state index contributed by atoms with van der Waals surface area (Å²) in [5, 5.41) is 25.3. The van der Waals surface area contributed by atoms with Crippen LogP contribution in [-0.4, -0.2) is 103 Å². The number of carbonyl (C=O) groups excluding carboxylic acids is 1. The largest absolute Gasteiger partial charge is 0.495 e. The Labute approximate surface area is 389 Å². The summed E-state index contributed by atoms with van der Waals surface area (Å²) in [5.74, 6) is 1.17. The molecule has 0 bridgehead atoms. The molecule has 4 aromatic rings. The third-order valence-corrected chi connectivity index (χ3v) is 15.8. The molecule has 3 N–H and O–H groups in total. The third kappa shape index (κ3) is 10.8. The molecule has 1 amide bonds. The molecule has 3 heterocycles. The summed E-state index contributed by atoms with van der Waals surface area (Å²) in [6.45, 7) is 13.8. The SMILES string of the molecule is COc1cc(CN2CCN(C3CC4(CCN(c5ccc(C(=O)NS(=O)(=O)c6ccc(NCC7CCC(C)(O)CC7)c([N+](=O)[O-])c6)cc5)CC4)C3)[C@@H](c3ccccc3OC(C)C)C2)cnc1C. The van der Waals surface area contributed by atoms with Crippen molar-refractivity contribution in [2.75, 3.05) is 56.6 Å². The molecule has 2 saturated carbocycles. The number of benzene rings is 3. The summed E-state index contributed by atoms with van der Waals surface area (Å²) < 4.78 is 40.7. The predicted octanol–water partition coefficient (Wildman–Crippen LogP) is 7.87. The number of methoxy groups -OCH3 is 1. The quantitative estimate of drug-likeness (QED) is 0.0776. The maximum absolute atomic E-state index is 13.3. The fraction of sp³-hybridized carbons (Fsp3) is 0.520. The number of ether oxygens (including phenoxy) is 2. The van der Waals surface area contributed by atoms with Gasteiger partial charge in [-0.15, -0.1) is 0 Å². The van der Waals surface area contributed by atoms with Gasteiger partial charge in [0.25, 0.3) is 21.6 Å². The minimum Gasteiger partial charge on any atom is -0.495 e. The van der Waals surface area contributed by atoms with Gasteiger partial charge in [-0.3, -0.25) is 29.7 Å². The van der Waals surface area contributed by atoms with Crippen molar-refractivity contribution in [3.63, 3.8) is 0 Å². The number of amides is 1. The van der Waals surface area contributed by atoms with Crippen molar-refractivity contribution >= 4 is 33.0 Å². The number of nitro benzene ring substituents is 1. The average molecular weight is 924 g/mol. The monoisotopic (exact) mass is 923 g/mol. The number of piperazine rings is 1. The maximum atomic E-state index is 13.3.